The van der Waals surface area contributed by atoms with Crippen LogP contribution in [0.25, 0.3) is 0 Å². The van der Waals surface area contributed by atoms with Gasteiger partial charge in [0.05, 0.1) is 9.28 Å². The van der Waals surface area contributed by atoms with Gasteiger partial charge in [-0.25, -0.2) is 0 Å². The lowest BCUT2D eigenvalue weighted by atomic mass is 9.93. The molecule has 0 aromatic heterocycles. The van der Waals surface area contributed by atoms with Crippen molar-refractivity contribution in [2.45, 2.75) is 19.8 Å². The van der Waals surface area contributed by atoms with Crippen molar-refractivity contribution in [3.8, 4) is 5.75 Å². The van der Waals surface area contributed by atoms with Crippen LogP contribution in [0.5, 0.6) is 5.75 Å². The van der Waals surface area contributed by atoms with Crippen LogP contribution in [-0.4, -0.2) is 39.9 Å². The molecule has 20 heavy (non-hydrogen) atoms. The van der Waals surface area contributed by atoms with E-state index in [0.29, 0.717) is 25.1 Å². The smallest absolute Gasteiger partial charge is 0.254 e. The van der Waals surface area contributed by atoms with Crippen molar-refractivity contribution in [2.75, 3.05) is 13.1 Å². The number of rotatable bonds is 2. The number of piperidine rings is 1. The number of halogens is 1. The summed E-state index contributed by atoms with van der Waals surface area (Å²) >= 11 is 2.02. The van der Waals surface area contributed by atoms with Gasteiger partial charge >= 0.3 is 0 Å². The van der Waals surface area contributed by atoms with E-state index in [9.17, 15) is 9.90 Å². The highest BCUT2D eigenvalue weighted by Crippen LogP contribution is 2.23. The number of benzene rings is 1. The van der Waals surface area contributed by atoms with E-state index in [0.717, 1.165) is 15.7 Å². The number of carbonyl (C=O) groups excluding carboxylic acids is 1. The summed E-state index contributed by atoms with van der Waals surface area (Å²) in [5.74, 6) is 0.139. The van der Waals surface area contributed by atoms with Gasteiger partial charge in [-0.1, -0.05) is 12.1 Å². The fourth-order valence-electron chi connectivity index (χ4n) is 2.43. The van der Waals surface area contributed by atoms with E-state index in [-0.39, 0.29) is 17.6 Å². The Morgan fingerprint density at radius 3 is 2.90 bits per heavy atom. The third-order valence-electron chi connectivity index (χ3n) is 3.65. The molecule has 1 saturated heterocycles. The molecule has 1 aromatic rings. The Kier molecular flexibility index (Phi) is 4.85. The average molecular weight is 388 g/mol. The maximum absolute atomic E-state index is 12.4. The number of phenols is 1. The predicted molar refractivity (Wildman–Crippen MR) is 84.3 cm³/mol. The van der Waals surface area contributed by atoms with Crippen LogP contribution in [0.2, 0.25) is 0 Å². The number of phenolic OH excluding ortho intramolecular Hbond substituents is 1. The van der Waals surface area contributed by atoms with E-state index in [1.54, 1.807) is 17.0 Å². The molecule has 1 atom stereocenters. The summed E-state index contributed by atoms with van der Waals surface area (Å²) in [5.41, 5.74) is 1.25. The molecular weight excluding hydrogens is 371 g/mol. The molecule has 6 heteroatoms. The van der Waals surface area contributed by atoms with Gasteiger partial charge in [-0.3, -0.25) is 4.79 Å². The molecule has 2 N–H and O–H groups in total. The lowest BCUT2D eigenvalue weighted by molar-refractivity contribution is 0.0728. The summed E-state index contributed by atoms with van der Waals surface area (Å²) in [4.78, 5) is 14.2. The average Bonchev–Trinajstić information content (AvgIpc) is 2.48. The third kappa shape index (κ3) is 3.05. The largest absolute Gasteiger partial charge is 0.507 e. The Hall–Kier alpha value is -1.31. The summed E-state index contributed by atoms with van der Waals surface area (Å²) in [6, 6.07) is 4.95. The minimum atomic E-state index is -0.0906. The minimum absolute atomic E-state index is 0.0906. The fraction of sp³-hybridized carbons (Fsp3) is 0.429. The van der Waals surface area contributed by atoms with Crippen LogP contribution in [0.3, 0.4) is 0 Å². The van der Waals surface area contributed by atoms with Gasteiger partial charge in [0.2, 0.25) is 0 Å². The monoisotopic (exact) mass is 388 g/mol. The fourth-order valence-corrected chi connectivity index (χ4v) is 2.76. The van der Waals surface area contributed by atoms with Crippen molar-refractivity contribution in [3.63, 3.8) is 0 Å². The molecule has 1 amide bonds. The molecule has 1 aliphatic rings. The van der Waals surface area contributed by atoms with Crippen LogP contribution in [-0.2, 0) is 0 Å². The standard InChI is InChI=1S/C14H17IN2O3/c1-2-9-8-17(6-5-12(9)16-20)14(19)10-3-4-11(15)13(18)7-10/h3-4,7,9,18,20H,2,5-6,8H2,1H3/b16-12+. The lowest BCUT2D eigenvalue weighted by Gasteiger charge is -2.32. The molecule has 2 rings (SSSR count). The van der Waals surface area contributed by atoms with Crippen molar-refractivity contribution in [1.82, 2.24) is 4.90 Å². The normalized spacial score (nSPS) is 21.2. The number of hydrogen-bond donors (Lipinski definition) is 2. The second-order valence-electron chi connectivity index (χ2n) is 4.86. The van der Waals surface area contributed by atoms with Gasteiger partial charge in [-0.15, -0.1) is 0 Å². The Bertz CT molecular complexity index is 545. The topological polar surface area (TPSA) is 73.1 Å². The minimum Gasteiger partial charge on any atom is -0.507 e. The number of likely N-dealkylation sites (tertiary alicyclic amines) is 1. The molecule has 0 aliphatic carbocycles. The van der Waals surface area contributed by atoms with Crippen molar-refractivity contribution in [3.05, 3.63) is 27.3 Å². The van der Waals surface area contributed by atoms with Crippen LogP contribution in [0.15, 0.2) is 23.4 Å². The number of nitrogens with zero attached hydrogens (tertiary/aromatic N) is 2. The highest BCUT2D eigenvalue weighted by Gasteiger charge is 2.28. The first-order valence-corrected chi connectivity index (χ1v) is 7.63. The first kappa shape index (κ1) is 15.1. The SMILES string of the molecule is CCC1CN(C(=O)c2ccc(I)c(O)c2)CC/C1=N\O. The van der Waals surface area contributed by atoms with E-state index in [4.69, 9.17) is 5.21 Å². The van der Waals surface area contributed by atoms with Gasteiger partial charge in [0.25, 0.3) is 5.91 Å². The first-order valence-electron chi connectivity index (χ1n) is 6.55. The molecule has 1 fully saturated rings. The first-order chi connectivity index (χ1) is 9.56. The number of oxime groups is 1. The van der Waals surface area contributed by atoms with E-state index < -0.39 is 0 Å². The molecule has 1 unspecified atom stereocenters. The van der Waals surface area contributed by atoms with Gasteiger partial charge in [-0.2, -0.15) is 0 Å². The van der Waals surface area contributed by atoms with Crippen molar-refractivity contribution < 1.29 is 15.1 Å². The number of aromatic hydroxyl groups is 1. The van der Waals surface area contributed by atoms with E-state index in [1.165, 1.54) is 6.07 Å². The van der Waals surface area contributed by atoms with E-state index in [1.807, 2.05) is 29.5 Å². The molecule has 0 saturated carbocycles. The summed E-state index contributed by atoms with van der Waals surface area (Å²) < 4.78 is 0.721. The van der Waals surface area contributed by atoms with Gasteiger partial charge in [-0.05, 0) is 47.2 Å². The van der Waals surface area contributed by atoms with Gasteiger partial charge in [0.15, 0.2) is 0 Å². The molecule has 0 radical (unpaired) electrons. The number of hydrogen-bond acceptors (Lipinski definition) is 4. The number of carbonyl (C=O) groups is 1. The molecule has 5 nitrogen and oxygen atoms in total. The van der Waals surface area contributed by atoms with Gasteiger partial charge in [0.1, 0.15) is 5.75 Å². The summed E-state index contributed by atoms with van der Waals surface area (Å²) in [5, 5.41) is 22.0. The van der Waals surface area contributed by atoms with Crippen LogP contribution in [0.4, 0.5) is 0 Å². The highest BCUT2D eigenvalue weighted by atomic mass is 127. The molecule has 108 valence electrons. The second kappa shape index (κ2) is 6.43. The molecule has 1 heterocycles. The molecule has 0 spiro atoms. The molecule has 1 aromatic carbocycles. The second-order valence-corrected chi connectivity index (χ2v) is 6.03. The summed E-state index contributed by atoms with van der Waals surface area (Å²) in [6.45, 7) is 3.11. The highest BCUT2D eigenvalue weighted by molar-refractivity contribution is 14.1. The Morgan fingerprint density at radius 2 is 2.30 bits per heavy atom. The van der Waals surface area contributed by atoms with Crippen molar-refractivity contribution >= 4 is 34.2 Å². The Labute approximate surface area is 131 Å². The van der Waals surface area contributed by atoms with E-state index in [2.05, 4.69) is 5.16 Å². The molecular formula is C14H17IN2O3. The summed E-state index contributed by atoms with van der Waals surface area (Å²) in [7, 11) is 0. The van der Waals surface area contributed by atoms with Gasteiger partial charge in [0, 0.05) is 31.0 Å². The zero-order valence-electron chi connectivity index (χ0n) is 11.2. The van der Waals surface area contributed by atoms with Crippen molar-refractivity contribution in [2.24, 2.45) is 11.1 Å². The molecule has 0 bridgehead atoms. The van der Waals surface area contributed by atoms with E-state index >= 15 is 0 Å². The van der Waals surface area contributed by atoms with Gasteiger partial charge < -0.3 is 15.2 Å². The van der Waals surface area contributed by atoms with Crippen LogP contribution in [0, 0.1) is 9.49 Å². The lowest BCUT2D eigenvalue weighted by Crippen LogP contribution is -2.44. The zero-order chi connectivity index (χ0) is 14.7. The molecule has 1 aliphatic heterocycles. The summed E-state index contributed by atoms with van der Waals surface area (Å²) in [6.07, 6.45) is 1.43. The van der Waals surface area contributed by atoms with Crippen molar-refractivity contribution in [1.29, 1.82) is 0 Å². The van der Waals surface area contributed by atoms with Crippen LogP contribution in [0.1, 0.15) is 30.1 Å². The van der Waals surface area contributed by atoms with Crippen LogP contribution >= 0.6 is 22.6 Å². The predicted octanol–water partition coefficient (Wildman–Crippen LogP) is 2.70. The third-order valence-corrected chi connectivity index (χ3v) is 4.56. The Morgan fingerprint density at radius 1 is 1.55 bits per heavy atom. The Balaban J connectivity index is 2.15. The zero-order valence-corrected chi connectivity index (χ0v) is 13.4. The van der Waals surface area contributed by atoms with Crippen LogP contribution < -0.4 is 0 Å². The quantitative estimate of drug-likeness (QED) is 0.465. The number of amides is 1. The maximum atomic E-state index is 12.4. The maximum Gasteiger partial charge on any atom is 0.254 e.